The van der Waals surface area contributed by atoms with Crippen molar-refractivity contribution in [1.29, 1.82) is 5.26 Å². The first-order valence-corrected chi connectivity index (χ1v) is 14.5. The molecule has 0 spiro atoms. The Bertz CT molecular complexity index is 1220. The van der Waals surface area contributed by atoms with Gasteiger partial charge in [0.1, 0.15) is 35.9 Å². The van der Waals surface area contributed by atoms with Gasteiger partial charge in [0.2, 0.25) is 5.91 Å². The van der Waals surface area contributed by atoms with Gasteiger partial charge in [-0.05, 0) is 81.0 Å². The summed E-state index contributed by atoms with van der Waals surface area (Å²) in [4.78, 5) is 30.6. The lowest BCUT2D eigenvalue weighted by atomic mass is 9.84. The van der Waals surface area contributed by atoms with E-state index < -0.39 is 23.8 Å². The van der Waals surface area contributed by atoms with Gasteiger partial charge in [0.05, 0.1) is 18.7 Å². The first kappa shape index (κ1) is 31.1. The minimum atomic E-state index is -0.760. The monoisotopic (exact) mass is 578 g/mol. The number of fused-ring (bicyclic) bond motifs is 2. The number of likely N-dealkylation sites (tertiary alicyclic amines) is 2. The number of carbonyl (C=O) groups excluding carboxylic acids is 2. The maximum Gasteiger partial charge on any atom is 0.408 e. The van der Waals surface area contributed by atoms with Crippen molar-refractivity contribution < 1.29 is 28.9 Å². The zero-order valence-corrected chi connectivity index (χ0v) is 24.9. The number of aliphatic hydroxyl groups is 1. The highest BCUT2D eigenvalue weighted by Crippen LogP contribution is 2.29. The number of β-amino-alcohol motifs (C(OH)–C–C–N with tert-alkyl or cyclic N) is 1. The van der Waals surface area contributed by atoms with E-state index in [4.69, 9.17) is 19.5 Å². The Morgan fingerprint density at radius 3 is 2.21 bits per heavy atom. The van der Waals surface area contributed by atoms with Crippen molar-refractivity contribution >= 4 is 12.0 Å². The molecule has 2 saturated heterocycles. The van der Waals surface area contributed by atoms with Crippen LogP contribution in [0.25, 0.3) is 0 Å². The summed E-state index contributed by atoms with van der Waals surface area (Å²) >= 11 is 0. The van der Waals surface area contributed by atoms with Gasteiger partial charge in [-0.15, -0.1) is 0 Å². The summed E-state index contributed by atoms with van der Waals surface area (Å²) < 4.78 is 16.4. The molecular weight excluding hydrogens is 536 g/mol. The van der Waals surface area contributed by atoms with Crippen molar-refractivity contribution in [2.75, 3.05) is 46.4 Å². The van der Waals surface area contributed by atoms with E-state index in [0.717, 1.165) is 30.8 Å². The number of hydrogen-bond donors (Lipinski definition) is 2. The summed E-state index contributed by atoms with van der Waals surface area (Å²) in [5.74, 6) is 1.77. The second-order valence-corrected chi connectivity index (χ2v) is 12.3. The van der Waals surface area contributed by atoms with E-state index in [2.05, 4.69) is 16.3 Å². The second-order valence-electron chi connectivity index (χ2n) is 12.3. The third-order valence-electron chi connectivity index (χ3n) is 7.45. The Kier molecular flexibility index (Phi) is 10.3. The largest absolute Gasteiger partial charge is 0.497 e. The zero-order chi connectivity index (χ0) is 30.3. The number of rotatable bonds is 10. The molecule has 4 rings (SSSR count). The maximum atomic E-state index is 13.8. The lowest BCUT2D eigenvalue weighted by molar-refractivity contribution is -0.138. The standard InChI is InChI=1S/C32H42N4O6/c1-32(2,3)42-31(39)34-29(14-22-5-9-27(40-4)10-6-22)30(38)36-18-24-13-25(19-36)17-35(16-24)20-26(37)21-41-28-11-7-23(15-33)8-12-28/h5-12,24-26,29,37H,13-14,16-21H2,1-4H3,(H,34,39)/t24?,25?,26-,29-/m0/s1. The fourth-order valence-electron chi connectivity index (χ4n) is 5.75. The molecule has 42 heavy (non-hydrogen) atoms. The summed E-state index contributed by atoms with van der Waals surface area (Å²) in [6.45, 7) is 8.76. The van der Waals surface area contributed by atoms with Gasteiger partial charge in [-0.3, -0.25) is 9.69 Å². The zero-order valence-electron chi connectivity index (χ0n) is 24.9. The van der Waals surface area contributed by atoms with E-state index in [1.54, 1.807) is 52.1 Å². The average molecular weight is 579 g/mol. The Hall–Kier alpha value is -3.81. The smallest absolute Gasteiger partial charge is 0.408 e. The van der Waals surface area contributed by atoms with Crippen LogP contribution in [0.2, 0.25) is 0 Å². The number of nitriles is 1. The van der Waals surface area contributed by atoms with Crippen molar-refractivity contribution in [3.63, 3.8) is 0 Å². The summed E-state index contributed by atoms with van der Waals surface area (Å²) in [5.41, 5.74) is 0.787. The number of carbonyl (C=O) groups is 2. The van der Waals surface area contributed by atoms with Gasteiger partial charge in [0.15, 0.2) is 0 Å². The van der Waals surface area contributed by atoms with Gasteiger partial charge in [0, 0.05) is 39.1 Å². The Labute approximate surface area is 248 Å². The number of methoxy groups -OCH3 is 1. The Morgan fingerprint density at radius 1 is 1.02 bits per heavy atom. The van der Waals surface area contributed by atoms with Crippen molar-refractivity contribution in [2.24, 2.45) is 11.8 Å². The van der Waals surface area contributed by atoms with Crippen LogP contribution < -0.4 is 14.8 Å². The molecule has 4 atom stereocenters. The number of nitrogens with zero attached hydrogens (tertiary/aromatic N) is 3. The van der Waals surface area contributed by atoms with E-state index in [-0.39, 0.29) is 24.3 Å². The molecule has 2 bridgehead atoms. The van der Waals surface area contributed by atoms with Crippen LogP contribution in [0.15, 0.2) is 48.5 Å². The number of nitrogens with one attached hydrogen (secondary N) is 1. The fourth-order valence-corrected chi connectivity index (χ4v) is 5.75. The van der Waals surface area contributed by atoms with Gasteiger partial charge in [-0.25, -0.2) is 4.79 Å². The fraction of sp³-hybridized carbons (Fsp3) is 0.531. The third kappa shape index (κ3) is 9.10. The molecule has 2 aliphatic heterocycles. The van der Waals surface area contributed by atoms with Crippen LogP contribution in [0.1, 0.15) is 38.3 Å². The highest BCUT2D eigenvalue weighted by Gasteiger charge is 2.38. The highest BCUT2D eigenvalue weighted by atomic mass is 16.6. The molecule has 10 heteroatoms. The molecule has 10 nitrogen and oxygen atoms in total. The summed E-state index contributed by atoms with van der Waals surface area (Å²) in [7, 11) is 1.60. The molecule has 226 valence electrons. The lowest BCUT2D eigenvalue weighted by Gasteiger charge is -2.46. The van der Waals surface area contributed by atoms with Crippen LogP contribution in [-0.4, -0.2) is 91.1 Å². The van der Waals surface area contributed by atoms with Crippen LogP contribution in [0.3, 0.4) is 0 Å². The predicted molar refractivity (Wildman–Crippen MR) is 157 cm³/mol. The molecule has 2 fully saturated rings. The van der Waals surface area contributed by atoms with Gasteiger partial charge in [-0.1, -0.05) is 12.1 Å². The van der Waals surface area contributed by atoms with Crippen molar-refractivity contribution in [3.8, 4) is 17.6 Å². The number of amides is 2. The third-order valence-corrected chi connectivity index (χ3v) is 7.45. The summed E-state index contributed by atoms with van der Waals surface area (Å²) in [6, 6.07) is 15.6. The van der Waals surface area contributed by atoms with Crippen molar-refractivity contribution in [1.82, 2.24) is 15.1 Å². The number of ether oxygens (including phenoxy) is 3. The molecule has 0 radical (unpaired) electrons. The molecule has 2 amide bonds. The van der Waals surface area contributed by atoms with Crippen molar-refractivity contribution in [2.45, 2.75) is 51.4 Å². The van der Waals surface area contributed by atoms with Crippen molar-refractivity contribution in [3.05, 3.63) is 59.7 Å². The minimum absolute atomic E-state index is 0.115. The predicted octanol–water partition coefficient (Wildman–Crippen LogP) is 3.22. The molecule has 2 aromatic carbocycles. The highest BCUT2D eigenvalue weighted by molar-refractivity contribution is 5.86. The molecule has 0 aliphatic carbocycles. The molecule has 0 aromatic heterocycles. The molecule has 0 saturated carbocycles. The first-order valence-electron chi connectivity index (χ1n) is 14.5. The molecule has 2 aromatic rings. The van der Waals surface area contributed by atoms with E-state index in [1.807, 2.05) is 29.2 Å². The van der Waals surface area contributed by atoms with Crippen LogP contribution in [0, 0.1) is 23.2 Å². The van der Waals surface area contributed by atoms with E-state index in [0.29, 0.717) is 37.4 Å². The molecule has 2 heterocycles. The van der Waals surface area contributed by atoms with E-state index in [1.165, 1.54) is 0 Å². The number of piperidine rings is 2. The average Bonchev–Trinajstić information content (AvgIpc) is 2.94. The second kappa shape index (κ2) is 13.9. The summed E-state index contributed by atoms with van der Waals surface area (Å²) in [6.07, 6.45) is 0.0886. The normalized spacial score (nSPS) is 20.1. The molecule has 2 N–H and O–H groups in total. The molecular formula is C32H42N4O6. The maximum absolute atomic E-state index is 13.8. The lowest BCUT2D eigenvalue weighted by Crippen LogP contribution is -2.59. The Balaban J connectivity index is 1.33. The van der Waals surface area contributed by atoms with Crippen LogP contribution in [0.5, 0.6) is 11.5 Å². The number of benzene rings is 2. The Morgan fingerprint density at radius 2 is 1.64 bits per heavy atom. The molecule has 2 unspecified atom stereocenters. The quantitative estimate of drug-likeness (QED) is 0.441. The first-order chi connectivity index (χ1) is 20.0. The molecule has 2 aliphatic rings. The topological polar surface area (TPSA) is 124 Å². The van der Waals surface area contributed by atoms with Gasteiger partial charge >= 0.3 is 6.09 Å². The minimum Gasteiger partial charge on any atom is -0.497 e. The summed E-state index contributed by atoms with van der Waals surface area (Å²) in [5, 5.41) is 22.4. The SMILES string of the molecule is COc1ccc(C[C@H](NC(=O)OC(C)(C)C)C(=O)N2CC3CC(CN(C[C@H](O)COc4ccc(C#N)cc4)C3)C2)cc1. The van der Waals surface area contributed by atoms with E-state index in [9.17, 15) is 14.7 Å². The van der Waals surface area contributed by atoms with Crippen LogP contribution in [0.4, 0.5) is 4.79 Å². The van der Waals surface area contributed by atoms with Crippen LogP contribution in [-0.2, 0) is 16.0 Å². The van der Waals surface area contributed by atoms with E-state index >= 15 is 0 Å². The van der Waals surface area contributed by atoms with Gasteiger partial charge < -0.3 is 29.5 Å². The number of aliphatic hydroxyl groups excluding tert-OH is 1. The van der Waals surface area contributed by atoms with Gasteiger partial charge in [-0.2, -0.15) is 5.26 Å². The van der Waals surface area contributed by atoms with Crippen LogP contribution >= 0.6 is 0 Å². The number of hydrogen-bond acceptors (Lipinski definition) is 8. The number of alkyl carbamates (subject to hydrolysis) is 1. The van der Waals surface area contributed by atoms with Gasteiger partial charge in [0.25, 0.3) is 0 Å².